The van der Waals surface area contributed by atoms with Gasteiger partial charge in [0.2, 0.25) is 0 Å². The lowest BCUT2D eigenvalue weighted by Gasteiger charge is -2.25. The van der Waals surface area contributed by atoms with Crippen molar-refractivity contribution in [2.75, 3.05) is 18.1 Å². The summed E-state index contributed by atoms with van der Waals surface area (Å²) < 4.78 is 23.1. The quantitative estimate of drug-likeness (QED) is 0.761. The fraction of sp³-hybridized carbons (Fsp3) is 0.625. The molecule has 0 aliphatic carbocycles. The van der Waals surface area contributed by atoms with Crippen LogP contribution in [-0.4, -0.2) is 26.5 Å². The maximum atomic E-state index is 11.5. The number of benzene rings is 1. The van der Waals surface area contributed by atoms with Crippen LogP contribution in [0.5, 0.6) is 0 Å². The molecule has 20 heavy (non-hydrogen) atoms. The monoisotopic (exact) mass is 297 g/mol. The smallest absolute Gasteiger partial charge is 0.150 e. The fourth-order valence-electron chi connectivity index (χ4n) is 2.46. The highest BCUT2D eigenvalue weighted by Gasteiger charge is 2.18. The van der Waals surface area contributed by atoms with E-state index in [-0.39, 0.29) is 5.75 Å². The molecule has 0 spiro atoms. The molecule has 2 atom stereocenters. The van der Waals surface area contributed by atoms with Gasteiger partial charge in [-0.05, 0) is 30.9 Å². The Bertz CT molecular complexity index is 471. The largest absolute Gasteiger partial charge is 0.310 e. The van der Waals surface area contributed by atoms with Gasteiger partial charge in [0.15, 0.2) is 0 Å². The summed E-state index contributed by atoms with van der Waals surface area (Å²) in [5, 5.41) is 3.51. The highest BCUT2D eigenvalue weighted by Crippen LogP contribution is 2.25. The lowest BCUT2D eigenvalue weighted by Crippen LogP contribution is -2.27. The number of hydrogen-bond donors (Lipinski definition) is 1. The third-order valence-corrected chi connectivity index (χ3v) is 5.50. The zero-order valence-corrected chi connectivity index (χ0v) is 13.6. The molecule has 1 N–H and O–H groups in total. The van der Waals surface area contributed by atoms with Crippen LogP contribution in [0.1, 0.15) is 45.2 Å². The maximum Gasteiger partial charge on any atom is 0.150 e. The molecular formula is C16H27NO2S. The minimum Gasteiger partial charge on any atom is -0.310 e. The van der Waals surface area contributed by atoms with E-state index in [0.717, 1.165) is 19.4 Å². The Balaban J connectivity index is 2.59. The van der Waals surface area contributed by atoms with Gasteiger partial charge in [0.05, 0.1) is 5.75 Å². The molecule has 1 aromatic carbocycles. The van der Waals surface area contributed by atoms with Crippen LogP contribution in [0.2, 0.25) is 0 Å². The van der Waals surface area contributed by atoms with Gasteiger partial charge in [-0.2, -0.15) is 0 Å². The third-order valence-electron chi connectivity index (χ3n) is 3.71. The van der Waals surface area contributed by atoms with Crippen LogP contribution in [0.4, 0.5) is 0 Å². The predicted molar refractivity (Wildman–Crippen MR) is 85.6 cm³/mol. The van der Waals surface area contributed by atoms with E-state index >= 15 is 0 Å². The number of sulfone groups is 1. The van der Waals surface area contributed by atoms with Crippen molar-refractivity contribution in [3.8, 4) is 0 Å². The molecule has 0 bridgehead atoms. The molecule has 1 aromatic rings. The number of rotatable bonds is 9. The Morgan fingerprint density at radius 3 is 2.35 bits per heavy atom. The zero-order valence-electron chi connectivity index (χ0n) is 12.8. The Labute approximate surface area is 123 Å². The topological polar surface area (TPSA) is 46.2 Å². The van der Waals surface area contributed by atoms with E-state index in [1.165, 1.54) is 5.56 Å². The lowest BCUT2D eigenvalue weighted by atomic mass is 9.91. The molecule has 0 amide bonds. The van der Waals surface area contributed by atoms with E-state index in [2.05, 4.69) is 31.3 Å². The molecule has 0 heterocycles. The fourth-order valence-corrected chi connectivity index (χ4v) is 3.36. The highest BCUT2D eigenvalue weighted by atomic mass is 32.2. The first kappa shape index (κ1) is 17.2. The first-order valence-corrected chi connectivity index (χ1v) is 9.31. The van der Waals surface area contributed by atoms with Crippen LogP contribution < -0.4 is 5.32 Å². The minimum absolute atomic E-state index is 0.247. The van der Waals surface area contributed by atoms with E-state index in [9.17, 15) is 8.42 Å². The van der Waals surface area contributed by atoms with Crippen LogP contribution in [0, 0.1) is 5.92 Å². The van der Waals surface area contributed by atoms with Gasteiger partial charge in [0, 0.05) is 11.8 Å². The molecule has 2 unspecified atom stereocenters. The van der Waals surface area contributed by atoms with E-state index in [1.807, 2.05) is 18.2 Å². The minimum atomic E-state index is -2.84. The van der Waals surface area contributed by atoms with Gasteiger partial charge in [-0.1, -0.05) is 51.1 Å². The molecule has 0 saturated heterocycles. The summed E-state index contributed by atoms with van der Waals surface area (Å²) in [5.74, 6) is 0.974. The summed E-state index contributed by atoms with van der Waals surface area (Å²) in [7, 11) is -2.84. The van der Waals surface area contributed by atoms with Gasteiger partial charge in [0.1, 0.15) is 9.84 Å². The number of nitrogens with one attached hydrogen (secondary N) is 1. The molecular weight excluding hydrogens is 270 g/mol. The molecule has 4 heteroatoms. The van der Waals surface area contributed by atoms with Gasteiger partial charge in [-0.15, -0.1) is 0 Å². The van der Waals surface area contributed by atoms with Crippen molar-refractivity contribution in [3.05, 3.63) is 35.9 Å². The highest BCUT2D eigenvalue weighted by molar-refractivity contribution is 7.91. The normalized spacial score (nSPS) is 14.9. The van der Waals surface area contributed by atoms with Crippen molar-refractivity contribution < 1.29 is 8.42 Å². The van der Waals surface area contributed by atoms with Gasteiger partial charge in [-0.25, -0.2) is 8.42 Å². The van der Waals surface area contributed by atoms with Gasteiger partial charge < -0.3 is 5.32 Å². The van der Waals surface area contributed by atoms with Gasteiger partial charge >= 0.3 is 0 Å². The van der Waals surface area contributed by atoms with Crippen molar-refractivity contribution in [3.63, 3.8) is 0 Å². The summed E-state index contributed by atoms with van der Waals surface area (Å²) in [6, 6.07) is 10.7. The van der Waals surface area contributed by atoms with Gasteiger partial charge in [0.25, 0.3) is 0 Å². The van der Waals surface area contributed by atoms with E-state index in [4.69, 9.17) is 0 Å². The summed E-state index contributed by atoms with van der Waals surface area (Å²) in [6.07, 6.45) is 1.66. The summed E-state index contributed by atoms with van der Waals surface area (Å²) in [4.78, 5) is 0. The lowest BCUT2D eigenvalue weighted by molar-refractivity contribution is 0.369. The second-order valence-electron chi connectivity index (χ2n) is 5.30. The van der Waals surface area contributed by atoms with E-state index in [0.29, 0.717) is 17.7 Å². The standard InChI is InChI=1S/C16H27NO2S/c1-4-17-16(15-11-7-6-8-12-15)14(3)10-9-13-20(18,19)5-2/h6-8,11-12,14,16-17H,4-5,9-10,13H2,1-3H3. The molecule has 114 valence electrons. The Hall–Kier alpha value is -0.870. The predicted octanol–water partition coefficient (Wildman–Crippen LogP) is 3.19. The second kappa shape index (κ2) is 8.42. The molecule has 0 saturated carbocycles. The first-order valence-electron chi connectivity index (χ1n) is 7.49. The average Bonchev–Trinajstić information content (AvgIpc) is 2.45. The molecule has 0 aromatic heterocycles. The van der Waals surface area contributed by atoms with Crippen LogP contribution in [-0.2, 0) is 9.84 Å². The van der Waals surface area contributed by atoms with E-state index in [1.54, 1.807) is 6.92 Å². The van der Waals surface area contributed by atoms with Crippen molar-refractivity contribution in [2.45, 2.75) is 39.7 Å². The van der Waals surface area contributed by atoms with Crippen molar-refractivity contribution in [2.24, 2.45) is 5.92 Å². The SMILES string of the molecule is CCNC(c1ccccc1)C(C)CCCS(=O)(=O)CC. The van der Waals surface area contributed by atoms with Crippen LogP contribution >= 0.6 is 0 Å². The second-order valence-corrected chi connectivity index (χ2v) is 7.77. The molecule has 0 radical (unpaired) electrons. The van der Waals surface area contributed by atoms with Crippen LogP contribution in [0.15, 0.2) is 30.3 Å². The summed E-state index contributed by atoms with van der Waals surface area (Å²) in [5.41, 5.74) is 1.28. The summed E-state index contributed by atoms with van der Waals surface area (Å²) >= 11 is 0. The number of hydrogen-bond acceptors (Lipinski definition) is 3. The molecule has 1 rings (SSSR count). The molecule has 0 fully saturated rings. The Morgan fingerprint density at radius 2 is 1.80 bits per heavy atom. The maximum absolute atomic E-state index is 11.5. The molecule has 0 aliphatic rings. The zero-order chi connectivity index (χ0) is 15.0. The van der Waals surface area contributed by atoms with E-state index < -0.39 is 9.84 Å². The van der Waals surface area contributed by atoms with Crippen molar-refractivity contribution >= 4 is 9.84 Å². The van der Waals surface area contributed by atoms with Crippen molar-refractivity contribution in [1.29, 1.82) is 0 Å². The van der Waals surface area contributed by atoms with Crippen LogP contribution in [0.3, 0.4) is 0 Å². The third kappa shape index (κ3) is 5.63. The first-order chi connectivity index (χ1) is 9.50. The van der Waals surface area contributed by atoms with Crippen molar-refractivity contribution in [1.82, 2.24) is 5.32 Å². The Morgan fingerprint density at radius 1 is 1.15 bits per heavy atom. The van der Waals surface area contributed by atoms with Crippen LogP contribution in [0.25, 0.3) is 0 Å². The Kier molecular flexibility index (Phi) is 7.24. The molecule has 3 nitrogen and oxygen atoms in total. The summed E-state index contributed by atoms with van der Waals surface area (Å²) in [6.45, 7) is 6.92. The van der Waals surface area contributed by atoms with Gasteiger partial charge in [-0.3, -0.25) is 0 Å². The molecule has 0 aliphatic heterocycles. The average molecular weight is 297 g/mol.